The molecule has 1 atom stereocenters. The van der Waals surface area contributed by atoms with Crippen LogP contribution in [-0.2, 0) is 6.54 Å². The van der Waals surface area contributed by atoms with Gasteiger partial charge < -0.3 is 9.88 Å². The largest absolute Gasteiger partial charge is 0.346 e. The SMILES string of the molecule is CCn1cc([C@@H](NC(=O)c2ccncc2)c2ccc(F)cc2)c2ccncc21. The van der Waals surface area contributed by atoms with Gasteiger partial charge in [-0.3, -0.25) is 14.8 Å². The van der Waals surface area contributed by atoms with Crippen LogP contribution in [-0.4, -0.2) is 20.4 Å². The van der Waals surface area contributed by atoms with Gasteiger partial charge in [-0.2, -0.15) is 0 Å². The summed E-state index contributed by atoms with van der Waals surface area (Å²) < 4.78 is 15.6. The topological polar surface area (TPSA) is 59.8 Å². The van der Waals surface area contributed by atoms with Gasteiger partial charge in [0.1, 0.15) is 5.82 Å². The highest BCUT2D eigenvalue weighted by Crippen LogP contribution is 2.31. The average Bonchev–Trinajstić information content (AvgIpc) is 3.12. The summed E-state index contributed by atoms with van der Waals surface area (Å²) in [5.74, 6) is -0.536. The molecule has 0 aliphatic heterocycles. The molecule has 3 heterocycles. The number of carbonyl (C=O) groups is 1. The van der Waals surface area contributed by atoms with Crippen molar-refractivity contribution in [1.29, 1.82) is 0 Å². The standard InChI is InChI=1S/C22H19FN4O/c1-2-27-14-19(18-9-12-25-13-20(18)27)21(15-3-5-17(23)6-4-15)26-22(28)16-7-10-24-11-8-16/h3-14,21H,2H2,1H3,(H,26,28)/t21-/m0/s1. The number of hydrogen-bond donors (Lipinski definition) is 1. The highest BCUT2D eigenvalue weighted by molar-refractivity contribution is 5.95. The van der Waals surface area contributed by atoms with Gasteiger partial charge in [0.05, 0.1) is 17.8 Å². The zero-order chi connectivity index (χ0) is 19.5. The molecule has 0 bridgehead atoms. The van der Waals surface area contributed by atoms with Gasteiger partial charge in [0, 0.05) is 47.8 Å². The van der Waals surface area contributed by atoms with Crippen molar-refractivity contribution < 1.29 is 9.18 Å². The molecule has 3 aromatic heterocycles. The molecule has 0 aliphatic rings. The van der Waals surface area contributed by atoms with Gasteiger partial charge in [0.15, 0.2) is 0 Å². The molecule has 1 N–H and O–H groups in total. The molecular weight excluding hydrogens is 355 g/mol. The minimum atomic E-state index is -0.432. The fraction of sp³-hybridized carbons (Fsp3) is 0.136. The smallest absolute Gasteiger partial charge is 0.252 e. The molecule has 6 heteroatoms. The maximum Gasteiger partial charge on any atom is 0.252 e. The number of hydrogen-bond acceptors (Lipinski definition) is 3. The van der Waals surface area contributed by atoms with Crippen LogP contribution in [0.5, 0.6) is 0 Å². The van der Waals surface area contributed by atoms with Crippen LogP contribution in [0.4, 0.5) is 4.39 Å². The second kappa shape index (κ2) is 7.60. The Hall–Kier alpha value is -3.54. The summed E-state index contributed by atoms with van der Waals surface area (Å²) in [6, 6.07) is 11.0. The normalized spacial score (nSPS) is 12.1. The number of amides is 1. The number of rotatable bonds is 5. The van der Waals surface area contributed by atoms with Gasteiger partial charge in [-0.1, -0.05) is 12.1 Å². The van der Waals surface area contributed by atoms with E-state index in [2.05, 4.69) is 26.8 Å². The van der Waals surface area contributed by atoms with Crippen molar-refractivity contribution in [3.63, 3.8) is 0 Å². The van der Waals surface area contributed by atoms with Crippen LogP contribution in [0.15, 0.2) is 73.4 Å². The van der Waals surface area contributed by atoms with Crippen molar-refractivity contribution in [3.8, 4) is 0 Å². The molecule has 0 radical (unpaired) electrons. The van der Waals surface area contributed by atoms with Crippen molar-refractivity contribution >= 4 is 16.8 Å². The van der Waals surface area contributed by atoms with E-state index in [1.165, 1.54) is 12.1 Å². The van der Waals surface area contributed by atoms with E-state index in [0.717, 1.165) is 28.6 Å². The van der Waals surface area contributed by atoms with Gasteiger partial charge >= 0.3 is 0 Å². The third kappa shape index (κ3) is 3.36. The summed E-state index contributed by atoms with van der Waals surface area (Å²) in [6.07, 6.45) is 8.73. The predicted molar refractivity (Wildman–Crippen MR) is 105 cm³/mol. The Morgan fingerprint density at radius 1 is 1.07 bits per heavy atom. The van der Waals surface area contributed by atoms with E-state index in [-0.39, 0.29) is 11.7 Å². The number of aromatic nitrogens is 3. The summed E-state index contributed by atoms with van der Waals surface area (Å²) in [5.41, 5.74) is 3.25. The monoisotopic (exact) mass is 374 g/mol. The van der Waals surface area contributed by atoms with Gasteiger partial charge in [0.25, 0.3) is 5.91 Å². The van der Waals surface area contributed by atoms with Crippen LogP contribution in [0, 0.1) is 5.82 Å². The lowest BCUT2D eigenvalue weighted by atomic mass is 9.98. The Bertz CT molecular complexity index is 1110. The first-order valence-corrected chi connectivity index (χ1v) is 9.06. The Kier molecular flexibility index (Phi) is 4.85. The van der Waals surface area contributed by atoms with Crippen molar-refractivity contribution in [2.75, 3.05) is 0 Å². The Morgan fingerprint density at radius 3 is 2.50 bits per heavy atom. The maximum absolute atomic E-state index is 13.5. The van der Waals surface area contributed by atoms with E-state index in [1.807, 2.05) is 18.5 Å². The molecule has 1 aromatic carbocycles. The van der Waals surface area contributed by atoms with Crippen molar-refractivity contribution in [1.82, 2.24) is 19.9 Å². The maximum atomic E-state index is 13.5. The highest BCUT2D eigenvalue weighted by atomic mass is 19.1. The lowest BCUT2D eigenvalue weighted by molar-refractivity contribution is 0.0943. The van der Waals surface area contributed by atoms with Crippen LogP contribution >= 0.6 is 0 Å². The number of carbonyl (C=O) groups excluding carboxylic acids is 1. The van der Waals surface area contributed by atoms with E-state index in [1.54, 1.807) is 42.9 Å². The quantitative estimate of drug-likeness (QED) is 0.572. The number of pyridine rings is 2. The third-order valence-electron chi connectivity index (χ3n) is 4.79. The molecule has 0 unspecified atom stereocenters. The van der Waals surface area contributed by atoms with E-state index in [9.17, 15) is 9.18 Å². The van der Waals surface area contributed by atoms with Crippen LogP contribution in [0.1, 0.15) is 34.5 Å². The minimum Gasteiger partial charge on any atom is -0.346 e. The van der Waals surface area contributed by atoms with Crippen molar-refractivity contribution in [2.24, 2.45) is 0 Å². The summed E-state index contributed by atoms with van der Waals surface area (Å²) in [5, 5.41) is 4.09. The van der Waals surface area contributed by atoms with E-state index < -0.39 is 6.04 Å². The average molecular weight is 374 g/mol. The summed E-state index contributed by atoms with van der Waals surface area (Å²) >= 11 is 0. The van der Waals surface area contributed by atoms with Crippen molar-refractivity contribution in [2.45, 2.75) is 19.5 Å². The van der Waals surface area contributed by atoms with E-state index >= 15 is 0 Å². The molecule has 5 nitrogen and oxygen atoms in total. The highest BCUT2D eigenvalue weighted by Gasteiger charge is 2.22. The summed E-state index contributed by atoms with van der Waals surface area (Å²) in [7, 11) is 0. The number of halogens is 1. The first-order chi connectivity index (χ1) is 13.7. The molecule has 4 aromatic rings. The van der Waals surface area contributed by atoms with Gasteiger partial charge in [-0.15, -0.1) is 0 Å². The Morgan fingerprint density at radius 2 is 1.79 bits per heavy atom. The number of aryl methyl sites for hydroxylation is 1. The summed E-state index contributed by atoms with van der Waals surface area (Å²) in [4.78, 5) is 21.0. The molecule has 0 aliphatic carbocycles. The number of benzene rings is 1. The zero-order valence-electron chi connectivity index (χ0n) is 15.3. The molecular formula is C22H19FN4O. The van der Waals surface area contributed by atoms with Gasteiger partial charge in [-0.25, -0.2) is 4.39 Å². The fourth-order valence-electron chi connectivity index (χ4n) is 3.37. The first-order valence-electron chi connectivity index (χ1n) is 9.06. The second-order valence-corrected chi connectivity index (χ2v) is 6.46. The first kappa shape index (κ1) is 17.9. The van der Waals surface area contributed by atoms with Crippen LogP contribution in [0.3, 0.4) is 0 Å². The van der Waals surface area contributed by atoms with E-state index in [0.29, 0.717) is 5.56 Å². The predicted octanol–water partition coefficient (Wildman–Crippen LogP) is 4.11. The Labute approximate surface area is 161 Å². The lowest BCUT2D eigenvalue weighted by Gasteiger charge is -2.19. The second-order valence-electron chi connectivity index (χ2n) is 6.46. The molecule has 4 rings (SSSR count). The number of fused-ring (bicyclic) bond motifs is 1. The molecule has 0 fully saturated rings. The fourth-order valence-corrected chi connectivity index (χ4v) is 3.37. The lowest BCUT2D eigenvalue weighted by Crippen LogP contribution is -2.29. The minimum absolute atomic E-state index is 0.219. The van der Waals surface area contributed by atoms with Crippen LogP contribution < -0.4 is 5.32 Å². The Balaban J connectivity index is 1.82. The molecule has 1 amide bonds. The zero-order valence-corrected chi connectivity index (χ0v) is 15.3. The summed E-state index contributed by atoms with van der Waals surface area (Å²) in [6.45, 7) is 2.83. The van der Waals surface area contributed by atoms with Crippen molar-refractivity contribution in [3.05, 3.63) is 96.0 Å². The third-order valence-corrected chi connectivity index (χ3v) is 4.79. The van der Waals surface area contributed by atoms with Crippen LogP contribution in [0.2, 0.25) is 0 Å². The van der Waals surface area contributed by atoms with E-state index in [4.69, 9.17) is 0 Å². The molecule has 0 saturated heterocycles. The molecule has 28 heavy (non-hydrogen) atoms. The molecule has 0 saturated carbocycles. The van der Waals surface area contributed by atoms with Gasteiger partial charge in [0.2, 0.25) is 0 Å². The van der Waals surface area contributed by atoms with Gasteiger partial charge in [-0.05, 0) is 42.8 Å². The molecule has 0 spiro atoms. The molecule has 140 valence electrons. The number of nitrogens with one attached hydrogen (secondary N) is 1. The number of nitrogens with zero attached hydrogens (tertiary/aromatic N) is 3. The van der Waals surface area contributed by atoms with Crippen LogP contribution in [0.25, 0.3) is 10.9 Å².